The van der Waals surface area contributed by atoms with E-state index in [4.69, 9.17) is 21.7 Å². The lowest BCUT2D eigenvalue weighted by Gasteiger charge is -2.29. The molecule has 1 N–H and O–H groups in total. The molecule has 2 aromatic heterocycles. The van der Waals surface area contributed by atoms with Gasteiger partial charge >= 0.3 is 0 Å². The number of benzene rings is 3. The highest BCUT2D eigenvalue weighted by molar-refractivity contribution is 7.80. The molecule has 1 saturated heterocycles. The number of ether oxygens (including phenoxy) is 2. The van der Waals surface area contributed by atoms with E-state index < -0.39 is 0 Å². The lowest BCUT2D eigenvalue weighted by molar-refractivity contribution is 0.412. The van der Waals surface area contributed by atoms with Crippen LogP contribution in [0.3, 0.4) is 0 Å². The fraction of sp³-hybridized carbons (Fsp3) is 0.125. The van der Waals surface area contributed by atoms with Crippen molar-refractivity contribution < 1.29 is 9.47 Å². The third kappa shape index (κ3) is 4.84. The van der Waals surface area contributed by atoms with Crippen LogP contribution in [0.4, 0.5) is 5.69 Å². The first-order valence-corrected chi connectivity index (χ1v) is 13.2. The lowest BCUT2D eigenvalue weighted by Crippen LogP contribution is -2.30. The Bertz CT molecular complexity index is 1580. The molecule has 0 aliphatic carbocycles. The molecule has 1 aliphatic heterocycles. The van der Waals surface area contributed by atoms with Crippen molar-refractivity contribution in [2.75, 3.05) is 12.0 Å². The Morgan fingerprint density at radius 1 is 0.821 bits per heavy atom. The van der Waals surface area contributed by atoms with Crippen LogP contribution in [0, 0.1) is 6.92 Å². The molecule has 7 heteroatoms. The van der Waals surface area contributed by atoms with Crippen molar-refractivity contribution in [1.82, 2.24) is 14.9 Å². The zero-order chi connectivity index (χ0) is 26.8. The van der Waals surface area contributed by atoms with Crippen LogP contribution in [-0.2, 0) is 0 Å². The van der Waals surface area contributed by atoms with Crippen LogP contribution < -0.4 is 19.7 Å². The molecular formula is C32H28N4O2S. The Labute approximate surface area is 233 Å². The van der Waals surface area contributed by atoms with Gasteiger partial charge in [0.2, 0.25) is 0 Å². The molecule has 0 saturated carbocycles. The van der Waals surface area contributed by atoms with E-state index in [0.29, 0.717) is 5.11 Å². The fourth-order valence-corrected chi connectivity index (χ4v) is 5.38. The van der Waals surface area contributed by atoms with E-state index >= 15 is 0 Å². The summed E-state index contributed by atoms with van der Waals surface area (Å²) in [5, 5.41) is 4.18. The molecule has 0 amide bonds. The van der Waals surface area contributed by atoms with Crippen LogP contribution in [0.2, 0.25) is 0 Å². The molecule has 3 aromatic carbocycles. The smallest absolute Gasteiger partial charge is 0.174 e. The normalized spacial score (nSPS) is 16.7. The summed E-state index contributed by atoms with van der Waals surface area (Å²) in [6.45, 7) is 2.06. The minimum absolute atomic E-state index is 0.162. The molecule has 2 atom stereocenters. The molecular weight excluding hydrogens is 504 g/mol. The molecule has 0 radical (unpaired) electrons. The Hall–Kier alpha value is -4.62. The Morgan fingerprint density at radius 3 is 2.26 bits per heavy atom. The van der Waals surface area contributed by atoms with Gasteiger partial charge in [0, 0.05) is 23.8 Å². The molecule has 0 unspecified atom stereocenters. The van der Waals surface area contributed by atoms with E-state index in [1.165, 1.54) is 5.56 Å². The van der Waals surface area contributed by atoms with Gasteiger partial charge in [-0.25, -0.2) is 0 Å². The van der Waals surface area contributed by atoms with Gasteiger partial charge in [-0.15, -0.1) is 0 Å². The monoisotopic (exact) mass is 532 g/mol. The highest BCUT2D eigenvalue weighted by Crippen LogP contribution is 2.43. The summed E-state index contributed by atoms with van der Waals surface area (Å²) in [6, 6.07) is 33.9. The van der Waals surface area contributed by atoms with E-state index in [0.717, 1.165) is 40.0 Å². The van der Waals surface area contributed by atoms with Crippen molar-refractivity contribution in [3.05, 3.63) is 132 Å². The average molecular weight is 533 g/mol. The van der Waals surface area contributed by atoms with Crippen LogP contribution in [0.25, 0.3) is 5.69 Å². The lowest BCUT2D eigenvalue weighted by atomic mass is 10.0. The van der Waals surface area contributed by atoms with E-state index in [9.17, 15) is 0 Å². The second-order valence-electron chi connectivity index (χ2n) is 9.38. The molecule has 0 spiro atoms. The average Bonchev–Trinajstić information content (AvgIpc) is 3.59. The second kappa shape index (κ2) is 10.6. The number of pyridine rings is 1. The van der Waals surface area contributed by atoms with Gasteiger partial charge in [0.25, 0.3) is 0 Å². The van der Waals surface area contributed by atoms with Gasteiger partial charge in [-0.05, 0) is 91.9 Å². The summed E-state index contributed by atoms with van der Waals surface area (Å²) in [5.41, 5.74) is 5.08. The summed E-state index contributed by atoms with van der Waals surface area (Å²) in [5.74, 6) is 2.35. The van der Waals surface area contributed by atoms with Crippen LogP contribution in [0.5, 0.6) is 17.2 Å². The Balaban J connectivity index is 1.40. The topological polar surface area (TPSA) is 51.5 Å². The molecule has 39 heavy (non-hydrogen) atoms. The zero-order valence-corrected chi connectivity index (χ0v) is 22.5. The first-order chi connectivity index (χ1) is 19.1. The molecule has 1 aliphatic rings. The molecule has 6 nitrogen and oxygen atoms in total. The highest BCUT2D eigenvalue weighted by atomic mass is 32.1. The van der Waals surface area contributed by atoms with E-state index in [2.05, 4.69) is 51.1 Å². The summed E-state index contributed by atoms with van der Waals surface area (Å²) in [4.78, 5) is 6.84. The Morgan fingerprint density at radius 2 is 1.54 bits per heavy atom. The van der Waals surface area contributed by atoms with E-state index in [-0.39, 0.29) is 12.1 Å². The third-order valence-corrected chi connectivity index (χ3v) is 7.21. The number of thiocarbonyl (C=S) groups is 1. The van der Waals surface area contributed by atoms with Crippen LogP contribution >= 0.6 is 12.2 Å². The summed E-state index contributed by atoms with van der Waals surface area (Å²) in [6.07, 6.45) is 3.87. The minimum Gasteiger partial charge on any atom is -0.495 e. The molecule has 1 fully saturated rings. The van der Waals surface area contributed by atoms with Crippen molar-refractivity contribution in [2.24, 2.45) is 0 Å². The standard InChI is InChI=1S/C32H28N4O2S/c1-22-12-16-24(17-13-22)38-25-18-14-23(15-19-25)36-31(30(34-32(36)39)26-8-5-6-20-33-26)28-10-7-21-35(28)27-9-3-4-11-29(27)37-2/h3-21,30-31H,1-2H3,(H,34,39)/t30-,31-/m1/s1. The SMILES string of the molecule is COc1ccccc1-n1cccc1[C@@H]1[C@@H](c2ccccn2)NC(=S)N1c1ccc(Oc2ccc(C)cc2)cc1. The van der Waals surface area contributed by atoms with Gasteiger partial charge in [0.05, 0.1) is 24.5 Å². The van der Waals surface area contributed by atoms with Gasteiger partial charge in [-0.2, -0.15) is 0 Å². The molecule has 3 heterocycles. The van der Waals surface area contributed by atoms with Gasteiger partial charge in [-0.1, -0.05) is 35.9 Å². The van der Waals surface area contributed by atoms with Crippen molar-refractivity contribution in [2.45, 2.75) is 19.0 Å². The zero-order valence-electron chi connectivity index (χ0n) is 21.7. The first kappa shape index (κ1) is 24.7. The fourth-order valence-electron chi connectivity index (χ4n) is 5.03. The number of para-hydroxylation sites is 2. The number of hydrogen-bond donors (Lipinski definition) is 1. The third-order valence-electron chi connectivity index (χ3n) is 6.90. The van der Waals surface area contributed by atoms with Crippen molar-refractivity contribution in [3.63, 3.8) is 0 Å². The summed E-state index contributed by atoms with van der Waals surface area (Å²) >= 11 is 5.93. The number of anilines is 1. The van der Waals surface area contributed by atoms with Crippen molar-refractivity contribution in [1.29, 1.82) is 0 Å². The van der Waals surface area contributed by atoms with Gasteiger partial charge in [0.1, 0.15) is 23.3 Å². The van der Waals surface area contributed by atoms with Gasteiger partial charge < -0.3 is 24.3 Å². The Kier molecular flexibility index (Phi) is 6.73. The van der Waals surface area contributed by atoms with Gasteiger partial charge in [0.15, 0.2) is 5.11 Å². The molecule has 5 aromatic rings. The van der Waals surface area contributed by atoms with Crippen molar-refractivity contribution in [3.8, 4) is 22.9 Å². The minimum atomic E-state index is -0.170. The van der Waals surface area contributed by atoms with E-state index in [1.54, 1.807) is 7.11 Å². The number of rotatable bonds is 7. The maximum atomic E-state index is 6.07. The van der Waals surface area contributed by atoms with Crippen LogP contribution in [-0.4, -0.2) is 21.8 Å². The molecule has 194 valence electrons. The second-order valence-corrected chi connectivity index (χ2v) is 9.77. The molecule has 0 bridgehead atoms. The van der Waals surface area contributed by atoms with Crippen molar-refractivity contribution >= 4 is 23.0 Å². The predicted octanol–water partition coefficient (Wildman–Crippen LogP) is 7.16. The molecule has 6 rings (SSSR count). The maximum absolute atomic E-state index is 6.07. The number of hydrogen-bond acceptors (Lipinski definition) is 4. The first-order valence-electron chi connectivity index (χ1n) is 12.8. The number of aryl methyl sites for hydroxylation is 1. The maximum Gasteiger partial charge on any atom is 0.174 e. The number of methoxy groups -OCH3 is 1. The number of aromatic nitrogens is 2. The summed E-state index contributed by atoms with van der Waals surface area (Å²) in [7, 11) is 1.69. The van der Waals surface area contributed by atoms with E-state index in [1.807, 2.05) is 91.1 Å². The number of nitrogens with one attached hydrogen (secondary N) is 1. The van der Waals surface area contributed by atoms with Crippen LogP contribution in [0.1, 0.15) is 29.0 Å². The van der Waals surface area contributed by atoms with Gasteiger partial charge in [-0.3, -0.25) is 4.98 Å². The largest absolute Gasteiger partial charge is 0.495 e. The predicted molar refractivity (Wildman–Crippen MR) is 158 cm³/mol. The summed E-state index contributed by atoms with van der Waals surface area (Å²) < 4.78 is 13.9. The number of nitrogens with zero attached hydrogens (tertiary/aromatic N) is 3. The van der Waals surface area contributed by atoms with Crippen LogP contribution in [0.15, 0.2) is 116 Å². The quantitative estimate of drug-likeness (QED) is 0.225. The highest BCUT2D eigenvalue weighted by Gasteiger charge is 2.42.